The molecule has 0 aliphatic heterocycles. The van der Waals surface area contributed by atoms with Crippen LogP contribution >= 0.6 is 0 Å². The average molecular weight is 270 g/mol. The van der Waals surface area contributed by atoms with Crippen molar-refractivity contribution in [3.63, 3.8) is 0 Å². The second-order valence-electron chi connectivity index (χ2n) is 4.56. The molecule has 0 fully saturated rings. The zero-order chi connectivity index (χ0) is 14.3. The van der Waals surface area contributed by atoms with Crippen LogP contribution in [0, 0.1) is 11.6 Å². The minimum atomic E-state index is -0.850. The second kappa shape index (κ2) is 7.71. The van der Waals surface area contributed by atoms with Crippen molar-refractivity contribution in [1.82, 2.24) is 0 Å². The molecule has 0 saturated carbocycles. The largest absolute Gasteiger partial charge is 0.397 e. The smallest absolute Gasteiger partial charge is 0.224 e. The van der Waals surface area contributed by atoms with Crippen LogP contribution in [0.2, 0.25) is 0 Å². The number of anilines is 2. The molecular formula is C14H20F2N2O. The molecule has 0 radical (unpaired) electrons. The van der Waals surface area contributed by atoms with Gasteiger partial charge in [-0.2, -0.15) is 0 Å². The summed E-state index contributed by atoms with van der Waals surface area (Å²) in [6.07, 6.45) is 5.44. The van der Waals surface area contributed by atoms with Crippen molar-refractivity contribution in [2.75, 3.05) is 11.1 Å². The van der Waals surface area contributed by atoms with Crippen LogP contribution in [0.5, 0.6) is 0 Å². The topological polar surface area (TPSA) is 55.1 Å². The summed E-state index contributed by atoms with van der Waals surface area (Å²) in [5, 5.41) is 2.39. The SMILES string of the molecule is CCCCCCCC(=O)Nc1c(N)cc(F)cc1F. The van der Waals surface area contributed by atoms with Crippen LogP contribution in [0.4, 0.5) is 20.2 Å². The maximum Gasteiger partial charge on any atom is 0.224 e. The van der Waals surface area contributed by atoms with Gasteiger partial charge in [-0.25, -0.2) is 8.78 Å². The van der Waals surface area contributed by atoms with Gasteiger partial charge in [0, 0.05) is 12.5 Å². The zero-order valence-electron chi connectivity index (χ0n) is 11.1. The highest BCUT2D eigenvalue weighted by atomic mass is 19.1. The first-order chi connectivity index (χ1) is 9.04. The van der Waals surface area contributed by atoms with Crippen LogP contribution in [0.15, 0.2) is 12.1 Å². The molecule has 0 atom stereocenters. The fraction of sp³-hybridized carbons (Fsp3) is 0.500. The molecule has 0 unspecified atom stereocenters. The molecule has 0 spiro atoms. The number of nitrogen functional groups attached to an aromatic ring is 1. The summed E-state index contributed by atoms with van der Waals surface area (Å²) in [4.78, 5) is 11.6. The summed E-state index contributed by atoms with van der Waals surface area (Å²) in [6.45, 7) is 2.12. The second-order valence-corrected chi connectivity index (χ2v) is 4.56. The average Bonchev–Trinajstić information content (AvgIpc) is 2.33. The van der Waals surface area contributed by atoms with Crippen LogP contribution in [-0.4, -0.2) is 5.91 Å². The van der Waals surface area contributed by atoms with Gasteiger partial charge in [-0.15, -0.1) is 0 Å². The highest BCUT2D eigenvalue weighted by Gasteiger charge is 2.12. The number of halogens is 2. The zero-order valence-corrected chi connectivity index (χ0v) is 11.1. The van der Waals surface area contributed by atoms with Crippen molar-refractivity contribution in [1.29, 1.82) is 0 Å². The van der Waals surface area contributed by atoms with Crippen LogP contribution in [0.1, 0.15) is 45.4 Å². The molecule has 0 saturated heterocycles. The number of amides is 1. The molecule has 106 valence electrons. The minimum Gasteiger partial charge on any atom is -0.397 e. The molecule has 1 rings (SSSR count). The van der Waals surface area contributed by atoms with Gasteiger partial charge in [0.2, 0.25) is 5.91 Å². The number of carbonyl (C=O) groups is 1. The molecular weight excluding hydrogens is 250 g/mol. The van der Waals surface area contributed by atoms with E-state index in [0.717, 1.165) is 38.2 Å². The van der Waals surface area contributed by atoms with Gasteiger partial charge >= 0.3 is 0 Å². The monoisotopic (exact) mass is 270 g/mol. The van der Waals surface area contributed by atoms with Crippen molar-refractivity contribution in [3.05, 3.63) is 23.8 Å². The molecule has 1 amide bonds. The summed E-state index contributed by atoms with van der Waals surface area (Å²) in [5.41, 5.74) is 5.23. The number of nitrogens with two attached hydrogens (primary N) is 1. The Kier molecular flexibility index (Phi) is 6.25. The molecule has 0 aromatic heterocycles. The Morgan fingerprint density at radius 2 is 1.89 bits per heavy atom. The van der Waals surface area contributed by atoms with Crippen LogP contribution < -0.4 is 11.1 Å². The van der Waals surface area contributed by atoms with Crippen molar-refractivity contribution in [3.8, 4) is 0 Å². The number of hydrogen-bond donors (Lipinski definition) is 2. The molecule has 3 N–H and O–H groups in total. The number of nitrogens with one attached hydrogen (secondary N) is 1. The van der Waals surface area contributed by atoms with E-state index in [1.807, 2.05) is 0 Å². The lowest BCUT2D eigenvalue weighted by Crippen LogP contribution is -2.14. The van der Waals surface area contributed by atoms with Gasteiger partial charge in [0.25, 0.3) is 0 Å². The van der Waals surface area contributed by atoms with Crippen molar-refractivity contribution in [2.45, 2.75) is 45.4 Å². The van der Waals surface area contributed by atoms with Crippen LogP contribution in [0.3, 0.4) is 0 Å². The van der Waals surface area contributed by atoms with Gasteiger partial charge in [0.15, 0.2) is 5.82 Å². The third-order valence-corrected chi connectivity index (χ3v) is 2.86. The first-order valence-corrected chi connectivity index (χ1v) is 6.59. The van der Waals surface area contributed by atoms with Gasteiger partial charge in [-0.3, -0.25) is 4.79 Å². The first kappa shape index (κ1) is 15.4. The first-order valence-electron chi connectivity index (χ1n) is 6.59. The summed E-state index contributed by atoms with van der Waals surface area (Å²) in [6, 6.07) is 1.69. The molecule has 0 heterocycles. The van der Waals surface area contributed by atoms with Gasteiger partial charge in [0.1, 0.15) is 11.5 Å². The number of unbranched alkanes of at least 4 members (excludes halogenated alkanes) is 4. The summed E-state index contributed by atoms with van der Waals surface area (Å²) >= 11 is 0. The summed E-state index contributed by atoms with van der Waals surface area (Å²) in [5.74, 6) is -1.90. The third-order valence-electron chi connectivity index (χ3n) is 2.86. The highest BCUT2D eigenvalue weighted by molar-refractivity contribution is 5.93. The van der Waals surface area contributed by atoms with E-state index in [1.165, 1.54) is 0 Å². The molecule has 0 aliphatic rings. The lowest BCUT2D eigenvalue weighted by Gasteiger charge is -2.09. The van der Waals surface area contributed by atoms with Gasteiger partial charge in [-0.1, -0.05) is 32.6 Å². The maximum absolute atomic E-state index is 13.4. The number of hydrogen-bond acceptors (Lipinski definition) is 2. The van der Waals surface area contributed by atoms with Gasteiger partial charge < -0.3 is 11.1 Å². The van der Waals surface area contributed by atoms with E-state index in [-0.39, 0.29) is 17.3 Å². The Morgan fingerprint density at radius 3 is 2.53 bits per heavy atom. The Morgan fingerprint density at radius 1 is 1.21 bits per heavy atom. The summed E-state index contributed by atoms with van der Waals surface area (Å²) < 4.78 is 26.3. The predicted octanol–water partition coefficient (Wildman–Crippen LogP) is 3.85. The predicted molar refractivity (Wildman–Crippen MR) is 72.8 cm³/mol. The van der Waals surface area contributed by atoms with E-state index in [2.05, 4.69) is 12.2 Å². The van der Waals surface area contributed by atoms with E-state index in [0.29, 0.717) is 12.5 Å². The molecule has 19 heavy (non-hydrogen) atoms. The maximum atomic E-state index is 13.4. The quantitative estimate of drug-likeness (QED) is 0.584. The van der Waals surface area contributed by atoms with Crippen molar-refractivity contribution in [2.24, 2.45) is 0 Å². The van der Waals surface area contributed by atoms with Gasteiger partial charge in [0.05, 0.1) is 5.69 Å². The molecule has 1 aromatic rings. The van der Waals surface area contributed by atoms with E-state index < -0.39 is 11.6 Å². The Labute approximate surface area is 112 Å². The van der Waals surface area contributed by atoms with E-state index in [4.69, 9.17) is 5.73 Å². The molecule has 1 aromatic carbocycles. The third kappa shape index (κ3) is 5.24. The van der Waals surface area contributed by atoms with Crippen molar-refractivity contribution >= 4 is 17.3 Å². The highest BCUT2D eigenvalue weighted by Crippen LogP contribution is 2.24. The van der Waals surface area contributed by atoms with E-state index in [9.17, 15) is 13.6 Å². The Bertz CT molecular complexity index is 412. The standard InChI is InChI=1S/C14H20F2N2O/c1-2-3-4-5-6-7-13(19)18-14-11(16)8-10(15)9-12(14)17/h8-9H,2-7,17H2,1H3,(H,18,19). The number of rotatable bonds is 7. The number of benzene rings is 1. The van der Waals surface area contributed by atoms with Gasteiger partial charge in [-0.05, 0) is 12.5 Å². The fourth-order valence-electron chi connectivity index (χ4n) is 1.82. The minimum absolute atomic E-state index is 0.100. The lowest BCUT2D eigenvalue weighted by atomic mass is 10.1. The van der Waals surface area contributed by atoms with Crippen LogP contribution in [0.25, 0.3) is 0 Å². The van der Waals surface area contributed by atoms with E-state index >= 15 is 0 Å². The molecule has 3 nitrogen and oxygen atoms in total. The van der Waals surface area contributed by atoms with Crippen LogP contribution in [-0.2, 0) is 4.79 Å². The molecule has 5 heteroatoms. The van der Waals surface area contributed by atoms with E-state index in [1.54, 1.807) is 0 Å². The normalized spacial score (nSPS) is 10.5. The van der Waals surface area contributed by atoms with Crippen molar-refractivity contribution < 1.29 is 13.6 Å². The molecule has 0 bridgehead atoms. The lowest BCUT2D eigenvalue weighted by molar-refractivity contribution is -0.116. The molecule has 0 aliphatic carbocycles. The Hall–Kier alpha value is -1.65. The summed E-state index contributed by atoms with van der Waals surface area (Å²) in [7, 11) is 0. The fourth-order valence-corrected chi connectivity index (χ4v) is 1.82. The Balaban J connectivity index is 2.44. The number of carbonyl (C=O) groups excluding carboxylic acids is 1.